The topological polar surface area (TPSA) is 46.3 Å². The summed E-state index contributed by atoms with van der Waals surface area (Å²) in [4.78, 5) is 4.24. The summed E-state index contributed by atoms with van der Waals surface area (Å²) in [6.45, 7) is 3.92. The third kappa shape index (κ3) is 1.92. The average Bonchev–Trinajstić information content (AvgIpc) is 2.69. The molecule has 1 atom stereocenters. The summed E-state index contributed by atoms with van der Waals surface area (Å²) in [6.07, 6.45) is 4.13. The number of aliphatic hydroxyl groups is 1. The first-order valence-electron chi connectivity index (χ1n) is 4.82. The Hall–Kier alpha value is -1.61. The predicted molar refractivity (Wildman–Crippen MR) is 56.5 cm³/mol. The highest BCUT2D eigenvalue weighted by molar-refractivity contribution is 5.30. The van der Waals surface area contributed by atoms with Crippen LogP contribution in [-0.2, 0) is 0 Å². The van der Waals surface area contributed by atoms with Crippen molar-refractivity contribution in [2.24, 2.45) is 0 Å². The molecule has 2 rings (SSSR count). The lowest BCUT2D eigenvalue weighted by Crippen LogP contribution is -2.04. The SMILES string of the molecule is Cc1cnc(C(O)c2ccoc2)c(C)c1. The summed E-state index contributed by atoms with van der Waals surface area (Å²) >= 11 is 0. The van der Waals surface area contributed by atoms with Crippen LogP contribution in [0.5, 0.6) is 0 Å². The number of aromatic nitrogens is 1. The first-order chi connectivity index (χ1) is 7.18. The van der Waals surface area contributed by atoms with Crippen molar-refractivity contribution in [3.63, 3.8) is 0 Å². The fraction of sp³-hybridized carbons (Fsp3) is 0.250. The van der Waals surface area contributed by atoms with Crippen LogP contribution in [0.25, 0.3) is 0 Å². The van der Waals surface area contributed by atoms with Gasteiger partial charge >= 0.3 is 0 Å². The average molecular weight is 203 g/mol. The summed E-state index contributed by atoms with van der Waals surface area (Å²) in [5.74, 6) is 0. The molecule has 0 spiro atoms. The first-order valence-corrected chi connectivity index (χ1v) is 4.82. The van der Waals surface area contributed by atoms with Crippen molar-refractivity contribution in [2.75, 3.05) is 0 Å². The highest BCUT2D eigenvalue weighted by atomic mass is 16.3. The van der Waals surface area contributed by atoms with Gasteiger partial charge in [-0.3, -0.25) is 4.98 Å². The van der Waals surface area contributed by atoms with E-state index >= 15 is 0 Å². The highest BCUT2D eigenvalue weighted by Crippen LogP contribution is 2.23. The molecule has 2 heterocycles. The summed E-state index contributed by atoms with van der Waals surface area (Å²) in [5, 5.41) is 10.0. The van der Waals surface area contributed by atoms with Gasteiger partial charge in [-0.15, -0.1) is 0 Å². The van der Waals surface area contributed by atoms with Crippen molar-refractivity contribution < 1.29 is 9.52 Å². The van der Waals surface area contributed by atoms with Gasteiger partial charge in [-0.05, 0) is 31.0 Å². The van der Waals surface area contributed by atoms with E-state index in [0.717, 1.165) is 16.7 Å². The van der Waals surface area contributed by atoms with Gasteiger partial charge in [0.15, 0.2) is 0 Å². The van der Waals surface area contributed by atoms with Gasteiger partial charge in [0, 0.05) is 11.8 Å². The van der Waals surface area contributed by atoms with Crippen molar-refractivity contribution in [2.45, 2.75) is 20.0 Å². The van der Waals surface area contributed by atoms with E-state index in [-0.39, 0.29) is 0 Å². The van der Waals surface area contributed by atoms with Gasteiger partial charge in [0.2, 0.25) is 0 Å². The quantitative estimate of drug-likeness (QED) is 0.815. The van der Waals surface area contributed by atoms with Crippen LogP contribution < -0.4 is 0 Å². The molecule has 1 N–H and O–H groups in total. The zero-order valence-electron chi connectivity index (χ0n) is 8.77. The third-order valence-corrected chi connectivity index (χ3v) is 2.37. The zero-order valence-corrected chi connectivity index (χ0v) is 8.77. The molecule has 3 nitrogen and oxygen atoms in total. The maximum atomic E-state index is 10.0. The molecule has 0 aliphatic carbocycles. The molecule has 0 aliphatic rings. The van der Waals surface area contributed by atoms with Crippen LogP contribution in [0.15, 0.2) is 35.3 Å². The normalized spacial score (nSPS) is 12.7. The van der Waals surface area contributed by atoms with Crippen LogP contribution in [0.4, 0.5) is 0 Å². The summed E-state index contributed by atoms with van der Waals surface area (Å²) in [7, 11) is 0. The number of furan rings is 1. The highest BCUT2D eigenvalue weighted by Gasteiger charge is 2.15. The minimum atomic E-state index is -0.704. The van der Waals surface area contributed by atoms with Crippen LogP contribution >= 0.6 is 0 Å². The second kappa shape index (κ2) is 3.87. The van der Waals surface area contributed by atoms with Crippen LogP contribution in [0, 0.1) is 13.8 Å². The number of nitrogens with zero attached hydrogens (tertiary/aromatic N) is 1. The minimum absolute atomic E-state index is 0.682. The Morgan fingerprint density at radius 3 is 2.80 bits per heavy atom. The standard InChI is InChI=1S/C12H13NO2/c1-8-5-9(2)11(13-6-8)12(14)10-3-4-15-7-10/h3-7,12,14H,1-2H3. The number of aryl methyl sites for hydroxylation is 2. The molecule has 2 aromatic rings. The van der Waals surface area contributed by atoms with E-state index in [9.17, 15) is 5.11 Å². The zero-order chi connectivity index (χ0) is 10.8. The molecule has 0 amide bonds. The molecule has 3 heteroatoms. The molecule has 78 valence electrons. The van der Waals surface area contributed by atoms with Crippen LogP contribution in [0.3, 0.4) is 0 Å². The molecule has 0 aliphatic heterocycles. The Morgan fingerprint density at radius 1 is 1.40 bits per heavy atom. The van der Waals surface area contributed by atoms with Gasteiger partial charge in [0.1, 0.15) is 6.10 Å². The molecule has 0 saturated carbocycles. The molecule has 0 aromatic carbocycles. The lowest BCUT2D eigenvalue weighted by molar-refractivity contribution is 0.213. The van der Waals surface area contributed by atoms with Gasteiger partial charge in [0.05, 0.1) is 18.2 Å². The second-order valence-corrected chi connectivity index (χ2v) is 3.67. The van der Waals surface area contributed by atoms with Gasteiger partial charge in [0.25, 0.3) is 0 Å². The second-order valence-electron chi connectivity index (χ2n) is 3.67. The molecule has 0 saturated heterocycles. The van der Waals surface area contributed by atoms with E-state index in [1.807, 2.05) is 19.9 Å². The van der Waals surface area contributed by atoms with Gasteiger partial charge in [-0.25, -0.2) is 0 Å². The fourth-order valence-corrected chi connectivity index (χ4v) is 1.60. The third-order valence-electron chi connectivity index (χ3n) is 2.37. The molecular formula is C12H13NO2. The Kier molecular flexibility index (Phi) is 2.56. The summed E-state index contributed by atoms with van der Waals surface area (Å²) in [6, 6.07) is 3.75. The van der Waals surface area contributed by atoms with Crippen molar-refractivity contribution in [3.05, 3.63) is 53.2 Å². The monoisotopic (exact) mass is 203 g/mol. The Balaban J connectivity index is 2.38. The minimum Gasteiger partial charge on any atom is -0.472 e. The van der Waals surface area contributed by atoms with Crippen molar-refractivity contribution in [1.29, 1.82) is 0 Å². The van der Waals surface area contributed by atoms with Crippen LogP contribution in [-0.4, -0.2) is 10.1 Å². The van der Waals surface area contributed by atoms with E-state index in [4.69, 9.17) is 4.42 Å². The number of hydrogen-bond donors (Lipinski definition) is 1. The van der Waals surface area contributed by atoms with Crippen LogP contribution in [0.2, 0.25) is 0 Å². The molecule has 2 aromatic heterocycles. The number of rotatable bonds is 2. The largest absolute Gasteiger partial charge is 0.472 e. The molecule has 1 unspecified atom stereocenters. The lowest BCUT2D eigenvalue weighted by atomic mass is 10.0. The van der Waals surface area contributed by atoms with Crippen LogP contribution in [0.1, 0.15) is 28.5 Å². The molecule has 0 fully saturated rings. The summed E-state index contributed by atoms with van der Waals surface area (Å²) < 4.78 is 4.93. The maximum Gasteiger partial charge on any atom is 0.124 e. The van der Waals surface area contributed by atoms with Gasteiger partial charge in [-0.1, -0.05) is 6.07 Å². The van der Waals surface area contributed by atoms with Crippen molar-refractivity contribution in [1.82, 2.24) is 4.98 Å². The van der Waals surface area contributed by atoms with Gasteiger partial charge < -0.3 is 9.52 Å². The van der Waals surface area contributed by atoms with Crippen molar-refractivity contribution >= 4 is 0 Å². The maximum absolute atomic E-state index is 10.0. The van der Waals surface area contributed by atoms with E-state index in [1.54, 1.807) is 18.5 Å². The van der Waals surface area contributed by atoms with E-state index in [0.29, 0.717) is 5.69 Å². The molecule has 15 heavy (non-hydrogen) atoms. The lowest BCUT2D eigenvalue weighted by Gasteiger charge is -2.11. The Bertz CT molecular complexity index is 449. The molecule has 0 bridgehead atoms. The fourth-order valence-electron chi connectivity index (χ4n) is 1.60. The number of pyridine rings is 1. The summed E-state index contributed by atoms with van der Waals surface area (Å²) in [5.41, 5.74) is 3.50. The molecular weight excluding hydrogens is 190 g/mol. The van der Waals surface area contributed by atoms with E-state index in [2.05, 4.69) is 4.98 Å². The Morgan fingerprint density at radius 2 is 2.20 bits per heavy atom. The first kappa shape index (κ1) is 9.93. The molecule has 0 radical (unpaired) electrons. The number of hydrogen-bond acceptors (Lipinski definition) is 3. The predicted octanol–water partition coefficient (Wildman–Crippen LogP) is 2.37. The van der Waals surface area contributed by atoms with Gasteiger partial charge in [-0.2, -0.15) is 0 Å². The smallest absolute Gasteiger partial charge is 0.124 e. The number of aliphatic hydroxyl groups excluding tert-OH is 1. The Labute approximate surface area is 88.4 Å². The van der Waals surface area contributed by atoms with Crippen molar-refractivity contribution in [3.8, 4) is 0 Å². The van der Waals surface area contributed by atoms with E-state index < -0.39 is 6.10 Å². The van der Waals surface area contributed by atoms with E-state index in [1.165, 1.54) is 6.26 Å².